The molecule has 0 fully saturated rings. The molecule has 0 amide bonds. The molecule has 0 atom stereocenters. The smallest absolute Gasteiger partial charge is 0.234 e. The van der Waals surface area contributed by atoms with Gasteiger partial charge in [0.1, 0.15) is 0 Å². The Balaban J connectivity index is -0.000000348. The van der Waals surface area contributed by atoms with Gasteiger partial charge < -0.3 is 0 Å². The van der Waals surface area contributed by atoms with Gasteiger partial charge in [-0.25, -0.2) is 50.0 Å². The summed E-state index contributed by atoms with van der Waals surface area (Å²) in [5.41, 5.74) is 0. The van der Waals surface area contributed by atoms with Crippen LogP contribution in [0.3, 0.4) is 0 Å². The Morgan fingerprint density at radius 3 is 0.367 bits per heavy atom. The van der Waals surface area contributed by atoms with E-state index in [1.54, 1.807) is 100 Å². The molecule has 0 bridgehead atoms. The zero-order valence-electron chi connectivity index (χ0n) is 41.1. The lowest BCUT2D eigenvalue weighted by molar-refractivity contribution is 0.366. The van der Waals surface area contributed by atoms with Crippen LogP contribution in [0.5, 0.6) is 0 Å². The van der Waals surface area contributed by atoms with Gasteiger partial charge in [-0.05, 0) is 146 Å². The second kappa shape index (κ2) is 27.9. The summed E-state index contributed by atoms with van der Waals surface area (Å²) in [4.78, 5) is 0. The summed E-state index contributed by atoms with van der Waals surface area (Å²) in [6, 6.07) is 0. The minimum absolute atomic E-state index is 0.659. The molecule has 0 spiro atoms. The lowest BCUT2D eigenvalue weighted by atomic mass is 11.0. The van der Waals surface area contributed by atoms with Crippen molar-refractivity contribution in [1.29, 1.82) is 0 Å². The third-order valence-electron chi connectivity index (χ3n) is 7.89. The van der Waals surface area contributed by atoms with Crippen LogP contribution in [-0.4, -0.2) is 146 Å². The molecule has 0 aliphatic rings. The summed E-state index contributed by atoms with van der Waals surface area (Å²) in [5.74, 6) is 5.27. The molecule has 384 valence electrons. The molecule has 0 heterocycles. The fourth-order valence-electron chi connectivity index (χ4n) is 2.40. The van der Waals surface area contributed by atoms with Crippen molar-refractivity contribution < 1.29 is 66.8 Å². The Morgan fingerprint density at radius 1 is 0.250 bits per heavy atom. The van der Waals surface area contributed by atoms with Crippen molar-refractivity contribution in [2.75, 3.05) is 146 Å². The number of hydrogen-bond donors (Lipinski definition) is 0. The first kappa shape index (κ1) is 69.7. The molecule has 0 aliphatic carbocycles. The Labute approximate surface area is 379 Å². The first-order valence-electron chi connectivity index (χ1n) is 18.7. The van der Waals surface area contributed by atoms with E-state index in [4.69, 9.17) is 31.8 Å². The van der Waals surface area contributed by atoms with E-state index in [0.717, 1.165) is 0 Å². The van der Waals surface area contributed by atoms with Gasteiger partial charge in [-0.2, -0.15) is 0 Å². The molecule has 0 unspecified atom stereocenters. The molecule has 0 aromatic rings. The Morgan fingerprint density at radius 2 is 0.317 bits per heavy atom. The molecule has 12 nitrogen and oxygen atoms in total. The average Bonchev–Trinajstić information content (AvgIpc) is 3.01. The maximum absolute atomic E-state index is 13.6. The second-order valence-electron chi connectivity index (χ2n) is 16.1. The normalized spacial score (nSPS) is 16.5. The zero-order chi connectivity index (χ0) is 49.3. The zero-order valence-corrected chi connectivity index (χ0v) is 51.2. The molecule has 0 N–H and O–H groups in total. The largest absolute Gasteiger partial charge is 0.532 e. The molecule has 0 saturated carbocycles. The van der Waals surface area contributed by atoms with E-state index >= 15 is 0 Å². The maximum Gasteiger partial charge on any atom is 0.532 e. The van der Waals surface area contributed by atoms with Crippen LogP contribution in [0.4, 0.5) is 16.8 Å². The summed E-state index contributed by atoms with van der Waals surface area (Å²) in [6.45, 7) is 15.1. The summed E-state index contributed by atoms with van der Waals surface area (Å²) in [5, 5.41) is 0. The van der Waals surface area contributed by atoms with Crippen molar-refractivity contribution in [3.63, 3.8) is 0 Å². The van der Waals surface area contributed by atoms with Crippen LogP contribution in [-0.2, 0) is 50.0 Å². The lowest BCUT2D eigenvalue weighted by Crippen LogP contribution is -2.05. The fourth-order valence-corrected chi connectivity index (χ4v) is 22.5. The Hall–Kier alpha value is 3.12. The van der Waals surface area contributed by atoms with Crippen molar-refractivity contribution in [3.05, 3.63) is 0 Å². The highest BCUT2D eigenvalue weighted by Gasteiger charge is 2.38. The predicted molar refractivity (Wildman–Crippen MR) is 283 cm³/mol. The van der Waals surface area contributed by atoms with Gasteiger partial charge >= 0.3 is 31.6 Å². The highest BCUT2D eigenvalue weighted by molar-refractivity contribution is 8.34. The second-order valence-corrected chi connectivity index (χ2v) is 51.9. The maximum atomic E-state index is 13.6. The van der Waals surface area contributed by atoms with Crippen LogP contribution in [0.15, 0.2) is 0 Å². The SMILES string of the molecule is CCS(C)(C)OP(=O)(F)OS(C)(C)CC.CCS(C)(C)OP(=O)(F)OS(C)(C)CC.CCS(C)(C)OP(=O)(F)OS(C)(C)CC.CCS(C)(C)OP(=O)(F)OS(C)(C)CC. The monoisotopic (exact) mass is 1120 g/mol. The average molecular weight is 1120 g/mol. The molecular formula is C32H88F4O12P4S8. The number of halogens is 4. The quantitative estimate of drug-likeness (QED) is 0.0671. The van der Waals surface area contributed by atoms with E-state index in [2.05, 4.69) is 0 Å². The molecule has 0 aromatic heterocycles. The molecule has 0 aromatic carbocycles. The Kier molecular flexibility index (Phi) is 32.5. The summed E-state index contributed by atoms with van der Waals surface area (Å²) < 4.78 is 140. The lowest BCUT2D eigenvalue weighted by Gasteiger charge is -2.34. The molecule has 0 radical (unpaired) electrons. The number of hydrogen-bond acceptors (Lipinski definition) is 12. The van der Waals surface area contributed by atoms with Gasteiger partial charge in [-0.1, -0.05) is 55.4 Å². The Bertz CT molecular complexity index is 1150. The van der Waals surface area contributed by atoms with Crippen molar-refractivity contribution in [2.45, 2.75) is 55.4 Å². The van der Waals surface area contributed by atoms with Crippen molar-refractivity contribution >= 4 is 114 Å². The topological polar surface area (TPSA) is 142 Å². The third kappa shape index (κ3) is 39.1. The van der Waals surface area contributed by atoms with Crippen LogP contribution in [0.1, 0.15) is 55.4 Å². The van der Waals surface area contributed by atoms with E-state index in [1.165, 1.54) is 0 Å². The molecular weight excluding hydrogens is 1030 g/mol. The fraction of sp³-hybridized carbons (Fsp3) is 1.00. The van der Waals surface area contributed by atoms with E-state index in [9.17, 15) is 35.0 Å². The standard InChI is InChI=1S/4C8H22FO3PS2/c4*1-7-14(3,4)11-13(9,10)12-15(5,6)8-2/h4*7-8H2,1-6H3. The minimum Gasteiger partial charge on any atom is -0.234 e. The van der Waals surface area contributed by atoms with E-state index < -0.39 is 114 Å². The molecule has 60 heavy (non-hydrogen) atoms. The van der Waals surface area contributed by atoms with Crippen molar-refractivity contribution in [1.82, 2.24) is 0 Å². The summed E-state index contributed by atoms with van der Waals surface area (Å²) >= 11 is 0. The van der Waals surface area contributed by atoms with Gasteiger partial charge in [0.15, 0.2) is 0 Å². The van der Waals surface area contributed by atoms with Gasteiger partial charge in [0.05, 0.1) is 0 Å². The van der Waals surface area contributed by atoms with Crippen LogP contribution in [0.25, 0.3) is 0 Å². The van der Waals surface area contributed by atoms with E-state index in [1.807, 2.05) is 55.4 Å². The highest BCUT2D eigenvalue weighted by Crippen LogP contribution is 2.72. The van der Waals surface area contributed by atoms with E-state index in [-0.39, 0.29) is 0 Å². The molecule has 0 rings (SSSR count). The van der Waals surface area contributed by atoms with Gasteiger partial charge in [0.2, 0.25) is 0 Å². The van der Waals surface area contributed by atoms with Crippen LogP contribution >= 0.6 is 114 Å². The van der Waals surface area contributed by atoms with Gasteiger partial charge in [-0.3, -0.25) is 0 Å². The van der Waals surface area contributed by atoms with Crippen molar-refractivity contribution in [2.24, 2.45) is 0 Å². The summed E-state index contributed by atoms with van der Waals surface area (Å²) in [7, 11) is -30.4. The van der Waals surface area contributed by atoms with Gasteiger partial charge in [0.25, 0.3) is 0 Å². The van der Waals surface area contributed by atoms with Gasteiger partial charge in [0, 0.05) is 0 Å². The molecule has 28 heteroatoms. The van der Waals surface area contributed by atoms with Crippen LogP contribution < -0.4 is 0 Å². The van der Waals surface area contributed by atoms with E-state index in [0.29, 0.717) is 46.0 Å². The van der Waals surface area contributed by atoms with Crippen LogP contribution in [0, 0.1) is 0 Å². The first-order valence-corrected chi connectivity index (χ1v) is 44.8. The van der Waals surface area contributed by atoms with Crippen molar-refractivity contribution in [3.8, 4) is 0 Å². The molecule has 0 aliphatic heterocycles. The predicted octanol–water partition coefficient (Wildman–Crippen LogP) is 16.4. The first-order chi connectivity index (χ1) is 26.1. The molecule has 0 saturated heterocycles. The minimum atomic E-state index is -4.39. The summed E-state index contributed by atoms with van der Waals surface area (Å²) in [6.07, 6.45) is 28.4. The van der Waals surface area contributed by atoms with Crippen LogP contribution in [0.2, 0.25) is 0 Å². The highest BCUT2D eigenvalue weighted by atomic mass is 32.3. The van der Waals surface area contributed by atoms with Gasteiger partial charge in [-0.15, -0.1) is 99.3 Å². The number of rotatable bonds is 24. The third-order valence-corrected chi connectivity index (χ3v) is 37.6.